The average Bonchev–Trinajstić information content (AvgIpc) is 2.79. The number of carbonyl (C=O) groups is 1. The van der Waals surface area contributed by atoms with Gasteiger partial charge in [0.05, 0.1) is 33.3 Å². The van der Waals surface area contributed by atoms with Gasteiger partial charge in [-0.25, -0.2) is 0 Å². The molecule has 3 rings (SSSR count). The smallest absolute Gasteiger partial charge is 0.258 e. The maximum Gasteiger partial charge on any atom is 0.258 e. The Morgan fingerprint density at radius 3 is 2.20 bits per heavy atom. The summed E-state index contributed by atoms with van der Waals surface area (Å²) in [6.07, 6.45) is 0. The lowest BCUT2D eigenvalue weighted by molar-refractivity contribution is -0.890. The Hall–Kier alpha value is -3.31. The fourth-order valence-electron chi connectivity index (χ4n) is 3.37. The zero-order valence-electron chi connectivity index (χ0n) is 17.7. The molecule has 0 saturated carbocycles. The van der Waals surface area contributed by atoms with Crippen LogP contribution in [-0.4, -0.2) is 40.3 Å². The van der Waals surface area contributed by atoms with Crippen molar-refractivity contribution in [2.24, 2.45) is 0 Å². The van der Waals surface area contributed by atoms with E-state index < -0.39 is 0 Å². The molecular weight excluding hydrogens is 376 g/mol. The van der Waals surface area contributed by atoms with Crippen molar-refractivity contribution in [1.29, 1.82) is 0 Å². The molecule has 0 aliphatic rings. The highest BCUT2D eigenvalue weighted by Gasteiger charge is 2.22. The van der Waals surface area contributed by atoms with Crippen molar-refractivity contribution in [3.63, 3.8) is 0 Å². The van der Waals surface area contributed by atoms with Gasteiger partial charge in [0, 0.05) is 0 Å². The molecule has 3 aromatic rings. The average molecular weight is 406 g/mol. The molecule has 0 fully saturated rings. The number of likely N-dealkylation sites (N-methyl/N-ethyl adjacent to an activating group) is 1. The second kappa shape index (κ2) is 10.5. The van der Waals surface area contributed by atoms with Crippen LogP contribution in [0, 0.1) is 0 Å². The van der Waals surface area contributed by atoms with Crippen molar-refractivity contribution < 1.29 is 19.2 Å². The van der Waals surface area contributed by atoms with Gasteiger partial charge < -0.3 is 19.7 Å². The molecule has 0 saturated heterocycles. The van der Waals surface area contributed by atoms with Crippen LogP contribution in [0.15, 0.2) is 78.9 Å². The van der Waals surface area contributed by atoms with Gasteiger partial charge in [-0.15, -0.1) is 0 Å². The van der Waals surface area contributed by atoms with Crippen LogP contribution in [0.1, 0.15) is 11.6 Å². The van der Waals surface area contributed by atoms with Crippen molar-refractivity contribution >= 4 is 5.91 Å². The van der Waals surface area contributed by atoms with Crippen LogP contribution in [0.3, 0.4) is 0 Å². The van der Waals surface area contributed by atoms with Gasteiger partial charge in [-0.3, -0.25) is 4.79 Å². The Balaban J connectivity index is 1.54. The van der Waals surface area contributed by atoms with Crippen LogP contribution in [0.5, 0.6) is 11.5 Å². The number of hydrogen-bond acceptors (Lipinski definition) is 3. The first-order valence-electron chi connectivity index (χ1n) is 10.1. The largest absolute Gasteiger partial charge is 0.496 e. The number of methoxy groups -OCH3 is 1. The van der Waals surface area contributed by atoms with Gasteiger partial charge in [0.15, 0.2) is 6.61 Å². The summed E-state index contributed by atoms with van der Waals surface area (Å²) in [6.45, 7) is 0.476. The molecule has 0 aliphatic heterocycles. The molecular formula is C25H29N2O3+. The van der Waals surface area contributed by atoms with E-state index in [4.69, 9.17) is 9.47 Å². The molecule has 1 amide bonds. The summed E-state index contributed by atoms with van der Waals surface area (Å²) >= 11 is 0. The van der Waals surface area contributed by atoms with E-state index in [1.165, 1.54) is 4.90 Å². The highest BCUT2D eigenvalue weighted by Crippen LogP contribution is 2.23. The third-order valence-electron chi connectivity index (χ3n) is 5.05. The minimum absolute atomic E-state index is 0.0217. The second-order valence-corrected chi connectivity index (χ2v) is 7.36. The summed E-state index contributed by atoms with van der Waals surface area (Å²) in [5.41, 5.74) is 3.33. The van der Waals surface area contributed by atoms with E-state index in [0.29, 0.717) is 12.3 Å². The molecule has 2 N–H and O–H groups in total. The predicted octanol–water partition coefficient (Wildman–Crippen LogP) is 2.74. The lowest BCUT2D eigenvalue weighted by Crippen LogP contribution is -3.07. The van der Waals surface area contributed by atoms with Crippen LogP contribution >= 0.6 is 0 Å². The van der Waals surface area contributed by atoms with Crippen LogP contribution in [-0.2, 0) is 4.79 Å². The molecule has 156 valence electrons. The van der Waals surface area contributed by atoms with E-state index in [9.17, 15) is 4.79 Å². The Morgan fingerprint density at radius 2 is 1.53 bits per heavy atom. The van der Waals surface area contributed by atoms with E-state index >= 15 is 0 Å². The summed E-state index contributed by atoms with van der Waals surface area (Å²) in [7, 11) is 5.79. The Morgan fingerprint density at radius 1 is 0.900 bits per heavy atom. The molecule has 0 spiro atoms. The van der Waals surface area contributed by atoms with Gasteiger partial charge in [-0.05, 0) is 35.4 Å². The van der Waals surface area contributed by atoms with E-state index in [1.807, 2.05) is 66.7 Å². The van der Waals surface area contributed by atoms with Gasteiger partial charge in [-0.2, -0.15) is 0 Å². The molecule has 5 heteroatoms. The van der Waals surface area contributed by atoms with E-state index in [0.717, 1.165) is 22.4 Å². The lowest BCUT2D eigenvalue weighted by atomic mass is 10.0. The first-order chi connectivity index (χ1) is 14.6. The van der Waals surface area contributed by atoms with E-state index in [2.05, 4.69) is 31.5 Å². The maximum atomic E-state index is 12.3. The third kappa shape index (κ3) is 5.61. The monoisotopic (exact) mass is 405 g/mol. The Bertz CT molecular complexity index is 940. The number of ether oxygens (including phenoxy) is 2. The highest BCUT2D eigenvalue weighted by atomic mass is 16.5. The standard InChI is InChI=1S/C25H28N2O3/c1-27(2)23(22-11-7-8-12-24(22)29-3)17-26-25(28)18-30-21-15-13-20(14-16-21)19-9-5-4-6-10-19/h4-16,23H,17-18H2,1-3H3,(H,26,28)/p+1/t23-/m1/s1. The number of para-hydroxylation sites is 1. The number of hydrogen-bond donors (Lipinski definition) is 2. The van der Waals surface area contributed by atoms with Crippen LogP contribution in [0.4, 0.5) is 0 Å². The topological polar surface area (TPSA) is 52.0 Å². The van der Waals surface area contributed by atoms with Crippen LogP contribution < -0.4 is 19.7 Å². The first-order valence-corrected chi connectivity index (χ1v) is 10.1. The Labute approximate surface area is 178 Å². The normalized spacial score (nSPS) is 11.7. The summed E-state index contributed by atoms with van der Waals surface area (Å²) in [6, 6.07) is 25.9. The minimum Gasteiger partial charge on any atom is -0.496 e. The quantitative estimate of drug-likeness (QED) is 0.576. The molecule has 30 heavy (non-hydrogen) atoms. The second-order valence-electron chi connectivity index (χ2n) is 7.36. The molecule has 0 heterocycles. The van der Waals surface area contributed by atoms with E-state index in [-0.39, 0.29) is 18.6 Å². The molecule has 3 aromatic carbocycles. The summed E-state index contributed by atoms with van der Waals surface area (Å²) in [5, 5.41) is 2.98. The number of carbonyl (C=O) groups excluding carboxylic acids is 1. The molecule has 0 unspecified atom stereocenters. The van der Waals surface area contributed by atoms with Gasteiger partial charge >= 0.3 is 0 Å². The fraction of sp³-hybridized carbons (Fsp3) is 0.240. The molecule has 0 aromatic heterocycles. The van der Waals surface area contributed by atoms with Gasteiger partial charge in [0.2, 0.25) is 0 Å². The van der Waals surface area contributed by atoms with Gasteiger partial charge in [0.25, 0.3) is 5.91 Å². The predicted molar refractivity (Wildman–Crippen MR) is 119 cm³/mol. The third-order valence-corrected chi connectivity index (χ3v) is 5.05. The van der Waals surface area contributed by atoms with Crippen LogP contribution in [0.2, 0.25) is 0 Å². The molecule has 5 nitrogen and oxygen atoms in total. The highest BCUT2D eigenvalue weighted by molar-refractivity contribution is 5.77. The number of amides is 1. The molecule has 0 bridgehead atoms. The van der Waals surface area contributed by atoms with Crippen molar-refractivity contribution in [3.8, 4) is 22.6 Å². The minimum atomic E-state index is -0.150. The number of nitrogens with one attached hydrogen (secondary N) is 2. The number of benzene rings is 3. The number of quaternary nitrogens is 1. The maximum absolute atomic E-state index is 12.3. The molecule has 1 atom stereocenters. The van der Waals surface area contributed by atoms with Crippen molar-refractivity contribution in [2.45, 2.75) is 6.04 Å². The Kier molecular flexibility index (Phi) is 7.46. The van der Waals surface area contributed by atoms with Crippen molar-refractivity contribution in [2.75, 3.05) is 34.4 Å². The summed E-state index contributed by atoms with van der Waals surface area (Å²) in [4.78, 5) is 13.5. The van der Waals surface area contributed by atoms with Crippen molar-refractivity contribution in [3.05, 3.63) is 84.4 Å². The summed E-state index contributed by atoms with van der Waals surface area (Å²) < 4.78 is 11.1. The van der Waals surface area contributed by atoms with Crippen molar-refractivity contribution in [1.82, 2.24) is 5.32 Å². The lowest BCUT2D eigenvalue weighted by Gasteiger charge is -2.23. The zero-order chi connectivity index (χ0) is 21.3. The van der Waals surface area contributed by atoms with E-state index in [1.54, 1.807) is 7.11 Å². The molecule has 0 aliphatic carbocycles. The summed E-state index contributed by atoms with van der Waals surface area (Å²) in [5.74, 6) is 1.35. The zero-order valence-corrected chi connectivity index (χ0v) is 17.7. The first kappa shape index (κ1) is 21.4. The molecule has 0 radical (unpaired) electrons. The van der Waals surface area contributed by atoms with Gasteiger partial charge in [-0.1, -0.05) is 54.6 Å². The van der Waals surface area contributed by atoms with Crippen LogP contribution in [0.25, 0.3) is 11.1 Å². The fourth-order valence-corrected chi connectivity index (χ4v) is 3.37. The van der Waals surface area contributed by atoms with Gasteiger partial charge in [0.1, 0.15) is 17.5 Å². The number of rotatable bonds is 9. The SMILES string of the molecule is COc1ccccc1[C@@H](CNC(=O)COc1ccc(-c2ccccc2)cc1)[NH+](C)C.